The molecule has 88 valence electrons. The van der Waals surface area contributed by atoms with Gasteiger partial charge in [0, 0.05) is 31.6 Å². The van der Waals surface area contributed by atoms with Gasteiger partial charge in [0.1, 0.15) is 0 Å². The number of nitrogens with one attached hydrogen (secondary N) is 1. The van der Waals surface area contributed by atoms with Crippen LogP contribution in [0.1, 0.15) is 40.5 Å². The van der Waals surface area contributed by atoms with Gasteiger partial charge in [0.25, 0.3) is 0 Å². The third-order valence-corrected chi connectivity index (χ3v) is 3.00. The Morgan fingerprint density at radius 3 is 2.60 bits per heavy atom. The average molecular weight is 212 g/mol. The first-order valence-corrected chi connectivity index (χ1v) is 6.03. The van der Waals surface area contributed by atoms with Gasteiger partial charge in [0.15, 0.2) is 0 Å². The molecule has 1 N–H and O–H groups in total. The van der Waals surface area contributed by atoms with Crippen LogP contribution in [0.3, 0.4) is 0 Å². The molecule has 1 rings (SSSR count). The van der Waals surface area contributed by atoms with E-state index in [4.69, 9.17) is 0 Å². The van der Waals surface area contributed by atoms with Gasteiger partial charge in [-0.15, -0.1) is 0 Å². The summed E-state index contributed by atoms with van der Waals surface area (Å²) in [6.45, 7) is 10.3. The smallest absolute Gasteiger partial charge is 0.224 e. The lowest BCUT2D eigenvalue weighted by Crippen LogP contribution is -2.36. The fourth-order valence-corrected chi connectivity index (χ4v) is 2.26. The Labute approximate surface area is 93.2 Å². The highest BCUT2D eigenvalue weighted by Gasteiger charge is 2.29. The number of nitrogens with zero attached hydrogens (tertiary/aromatic N) is 1. The van der Waals surface area contributed by atoms with Gasteiger partial charge in [-0.2, -0.15) is 0 Å². The zero-order valence-corrected chi connectivity index (χ0v) is 10.4. The molecule has 2 unspecified atom stereocenters. The Morgan fingerprint density at radius 2 is 2.13 bits per heavy atom. The van der Waals surface area contributed by atoms with E-state index in [1.54, 1.807) is 0 Å². The first kappa shape index (κ1) is 12.5. The first-order chi connectivity index (χ1) is 7.00. The molecule has 1 amide bonds. The molecule has 1 saturated heterocycles. The minimum atomic E-state index is 0.306. The molecule has 0 aliphatic carbocycles. The van der Waals surface area contributed by atoms with E-state index in [2.05, 4.69) is 33.0 Å². The molecule has 0 aromatic heterocycles. The van der Waals surface area contributed by atoms with E-state index >= 15 is 0 Å². The van der Waals surface area contributed by atoms with Gasteiger partial charge in [-0.1, -0.05) is 20.8 Å². The zero-order valence-electron chi connectivity index (χ0n) is 10.4. The number of likely N-dealkylation sites (tertiary alicyclic amines) is 1. The van der Waals surface area contributed by atoms with Crippen LogP contribution < -0.4 is 5.32 Å². The quantitative estimate of drug-likeness (QED) is 0.768. The molecule has 0 saturated carbocycles. The maximum atomic E-state index is 11.9. The van der Waals surface area contributed by atoms with Crippen molar-refractivity contribution >= 4 is 5.91 Å². The fourth-order valence-electron chi connectivity index (χ4n) is 2.26. The van der Waals surface area contributed by atoms with Crippen molar-refractivity contribution < 1.29 is 4.79 Å². The Morgan fingerprint density at radius 1 is 1.47 bits per heavy atom. The summed E-state index contributed by atoms with van der Waals surface area (Å²) in [6, 6.07) is 0.902. The first-order valence-electron chi connectivity index (χ1n) is 6.03. The standard InChI is InChI=1S/C12H24N2O/c1-9(2)13-6-5-12(15)14-8-10(3)7-11(14)4/h9-11,13H,5-8H2,1-4H3. The second-order valence-electron chi connectivity index (χ2n) is 5.09. The van der Waals surface area contributed by atoms with Crippen LogP contribution in [0.4, 0.5) is 0 Å². The van der Waals surface area contributed by atoms with Crippen molar-refractivity contribution in [3.8, 4) is 0 Å². The highest BCUT2D eigenvalue weighted by atomic mass is 16.2. The van der Waals surface area contributed by atoms with Crippen LogP contribution >= 0.6 is 0 Å². The van der Waals surface area contributed by atoms with Gasteiger partial charge in [0.2, 0.25) is 5.91 Å². The molecule has 1 aliphatic rings. The van der Waals surface area contributed by atoms with Crippen molar-refractivity contribution in [2.75, 3.05) is 13.1 Å². The highest BCUT2D eigenvalue weighted by molar-refractivity contribution is 5.77. The molecule has 0 aromatic rings. The molecule has 0 spiro atoms. The van der Waals surface area contributed by atoms with E-state index in [0.29, 0.717) is 30.3 Å². The minimum absolute atomic E-state index is 0.306. The van der Waals surface area contributed by atoms with E-state index < -0.39 is 0 Å². The van der Waals surface area contributed by atoms with Crippen molar-refractivity contribution in [3.63, 3.8) is 0 Å². The van der Waals surface area contributed by atoms with E-state index in [1.807, 2.05) is 4.90 Å². The number of carbonyl (C=O) groups is 1. The number of hydrogen-bond donors (Lipinski definition) is 1. The van der Waals surface area contributed by atoms with Gasteiger partial charge in [-0.05, 0) is 19.3 Å². The van der Waals surface area contributed by atoms with E-state index in [0.717, 1.165) is 19.5 Å². The summed E-state index contributed by atoms with van der Waals surface area (Å²) in [4.78, 5) is 13.9. The van der Waals surface area contributed by atoms with Crippen LogP contribution in [-0.4, -0.2) is 36.0 Å². The molecule has 2 atom stereocenters. The van der Waals surface area contributed by atoms with Crippen LogP contribution in [0.5, 0.6) is 0 Å². The largest absolute Gasteiger partial charge is 0.340 e. The SMILES string of the molecule is CC1CC(C)N(C(=O)CCNC(C)C)C1. The molecule has 1 fully saturated rings. The normalized spacial score (nSPS) is 26.3. The molecule has 0 bridgehead atoms. The molecule has 3 nitrogen and oxygen atoms in total. The predicted molar refractivity (Wildman–Crippen MR) is 62.7 cm³/mol. The molecule has 0 radical (unpaired) electrons. The Kier molecular flexibility index (Phi) is 4.58. The van der Waals surface area contributed by atoms with Crippen molar-refractivity contribution in [2.24, 2.45) is 5.92 Å². The van der Waals surface area contributed by atoms with Gasteiger partial charge >= 0.3 is 0 Å². The summed E-state index contributed by atoms with van der Waals surface area (Å²) in [5.74, 6) is 0.974. The summed E-state index contributed by atoms with van der Waals surface area (Å²) < 4.78 is 0. The van der Waals surface area contributed by atoms with Crippen LogP contribution in [0.15, 0.2) is 0 Å². The van der Waals surface area contributed by atoms with E-state index in [1.165, 1.54) is 0 Å². The lowest BCUT2D eigenvalue weighted by Gasteiger charge is -2.21. The second-order valence-corrected chi connectivity index (χ2v) is 5.09. The Bertz CT molecular complexity index is 216. The van der Waals surface area contributed by atoms with Gasteiger partial charge in [-0.3, -0.25) is 4.79 Å². The Hall–Kier alpha value is -0.570. The summed E-state index contributed by atoms with van der Waals surface area (Å²) in [7, 11) is 0. The van der Waals surface area contributed by atoms with Crippen LogP contribution in [0, 0.1) is 5.92 Å². The number of rotatable bonds is 4. The third kappa shape index (κ3) is 3.82. The number of hydrogen-bond acceptors (Lipinski definition) is 2. The average Bonchev–Trinajstić information content (AvgIpc) is 2.44. The topological polar surface area (TPSA) is 32.3 Å². The molecular formula is C12H24N2O. The molecule has 15 heavy (non-hydrogen) atoms. The Balaban J connectivity index is 2.28. The van der Waals surface area contributed by atoms with Crippen LogP contribution in [0.25, 0.3) is 0 Å². The third-order valence-electron chi connectivity index (χ3n) is 3.00. The molecule has 1 heterocycles. The summed E-state index contributed by atoms with van der Waals surface area (Å²) in [5, 5.41) is 3.28. The minimum Gasteiger partial charge on any atom is -0.340 e. The van der Waals surface area contributed by atoms with Crippen LogP contribution in [-0.2, 0) is 4.79 Å². The summed E-state index contributed by atoms with van der Waals surface area (Å²) in [6.07, 6.45) is 1.79. The van der Waals surface area contributed by atoms with Crippen molar-refractivity contribution in [1.82, 2.24) is 10.2 Å². The monoisotopic (exact) mass is 212 g/mol. The van der Waals surface area contributed by atoms with Gasteiger partial charge in [0.05, 0.1) is 0 Å². The second kappa shape index (κ2) is 5.50. The lowest BCUT2D eigenvalue weighted by atomic mass is 10.1. The molecular weight excluding hydrogens is 188 g/mol. The fraction of sp³-hybridized carbons (Fsp3) is 0.917. The van der Waals surface area contributed by atoms with Crippen molar-refractivity contribution in [1.29, 1.82) is 0 Å². The predicted octanol–water partition coefficient (Wildman–Crippen LogP) is 1.63. The molecule has 3 heteroatoms. The van der Waals surface area contributed by atoms with Crippen molar-refractivity contribution in [3.05, 3.63) is 0 Å². The zero-order chi connectivity index (χ0) is 11.4. The molecule has 1 aliphatic heterocycles. The maximum absolute atomic E-state index is 11.9. The maximum Gasteiger partial charge on any atom is 0.224 e. The number of carbonyl (C=O) groups excluding carboxylic acids is 1. The van der Waals surface area contributed by atoms with Gasteiger partial charge in [-0.25, -0.2) is 0 Å². The van der Waals surface area contributed by atoms with Crippen LogP contribution in [0.2, 0.25) is 0 Å². The van der Waals surface area contributed by atoms with E-state index in [9.17, 15) is 4.79 Å². The van der Waals surface area contributed by atoms with E-state index in [-0.39, 0.29) is 0 Å². The summed E-state index contributed by atoms with van der Waals surface area (Å²) >= 11 is 0. The molecule has 0 aromatic carbocycles. The van der Waals surface area contributed by atoms with Gasteiger partial charge < -0.3 is 10.2 Å². The lowest BCUT2D eigenvalue weighted by molar-refractivity contribution is -0.131. The highest BCUT2D eigenvalue weighted by Crippen LogP contribution is 2.22. The summed E-state index contributed by atoms with van der Waals surface area (Å²) in [5.41, 5.74) is 0. The van der Waals surface area contributed by atoms with Crippen molar-refractivity contribution in [2.45, 2.75) is 52.6 Å². The number of amides is 1.